The number of amides is 1. The van der Waals surface area contributed by atoms with Crippen LogP contribution >= 0.6 is 0 Å². The number of nitrogens with one attached hydrogen (secondary N) is 1. The molecule has 2 aliphatic heterocycles. The Bertz CT molecular complexity index is 1050. The van der Waals surface area contributed by atoms with Gasteiger partial charge in [-0.1, -0.05) is 0 Å². The van der Waals surface area contributed by atoms with Crippen LogP contribution in [0.3, 0.4) is 0 Å². The maximum atomic E-state index is 13.7. The van der Waals surface area contributed by atoms with Crippen LogP contribution in [0, 0.1) is 6.92 Å². The van der Waals surface area contributed by atoms with Crippen molar-refractivity contribution in [1.82, 2.24) is 14.8 Å². The van der Waals surface area contributed by atoms with Gasteiger partial charge in [-0.2, -0.15) is 13.2 Å². The van der Waals surface area contributed by atoms with Crippen molar-refractivity contribution in [3.8, 4) is 5.75 Å². The minimum atomic E-state index is -4.41. The third kappa shape index (κ3) is 4.25. The molecule has 1 N–H and O–H groups in total. The Morgan fingerprint density at radius 1 is 1.15 bits per heavy atom. The Morgan fingerprint density at radius 2 is 1.82 bits per heavy atom. The van der Waals surface area contributed by atoms with E-state index in [2.05, 4.69) is 5.32 Å². The van der Waals surface area contributed by atoms with Crippen LogP contribution in [-0.2, 0) is 17.3 Å². The molecule has 5 nitrogen and oxygen atoms in total. The lowest BCUT2D eigenvalue weighted by atomic mass is 9.80. The second-order valence-electron chi connectivity index (χ2n) is 10.1. The SMILES string of the molecule is Cc1cc(C(=O)N2CCC3(CC2)NCC(C)(C)n2c(C(F)(F)F)ccc23)ccc1OC(C)C.[HH]. The second-order valence-corrected chi connectivity index (χ2v) is 10.1. The fraction of sp³-hybridized carbons (Fsp3) is 0.560. The number of piperidine rings is 1. The Balaban J connectivity index is 0.00000324. The van der Waals surface area contributed by atoms with Crippen molar-refractivity contribution in [1.29, 1.82) is 0 Å². The van der Waals surface area contributed by atoms with Crippen molar-refractivity contribution < 1.29 is 24.1 Å². The molecule has 0 saturated carbocycles. The number of carbonyl (C=O) groups excluding carboxylic acids is 1. The molecule has 0 bridgehead atoms. The number of ether oxygens (including phenoxy) is 1. The van der Waals surface area contributed by atoms with Crippen LogP contribution in [0.25, 0.3) is 0 Å². The van der Waals surface area contributed by atoms with Crippen molar-refractivity contribution >= 4 is 5.91 Å². The molecule has 0 unspecified atom stereocenters. The van der Waals surface area contributed by atoms with Crippen molar-refractivity contribution in [2.24, 2.45) is 0 Å². The highest BCUT2D eigenvalue weighted by Crippen LogP contribution is 2.44. The van der Waals surface area contributed by atoms with Gasteiger partial charge in [-0.25, -0.2) is 0 Å². The van der Waals surface area contributed by atoms with E-state index in [4.69, 9.17) is 4.74 Å². The summed E-state index contributed by atoms with van der Waals surface area (Å²) in [5, 5.41) is 3.54. The predicted octanol–water partition coefficient (Wildman–Crippen LogP) is 5.32. The lowest BCUT2D eigenvalue weighted by Crippen LogP contribution is -2.61. The molecule has 2 aromatic rings. The van der Waals surface area contributed by atoms with Crippen LogP contribution in [0.15, 0.2) is 30.3 Å². The molecule has 1 fully saturated rings. The van der Waals surface area contributed by atoms with Gasteiger partial charge in [0.2, 0.25) is 0 Å². The van der Waals surface area contributed by atoms with E-state index in [1.165, 1.54) is 10.6 Å². The Labute approximate surface area is 194 Å². The van der Waals surface area contributed by atoms with Gasteiger partial charge in [-0.3, -0.25) is 4.79 Å². The van der Waals surface area contributed by atoms with Crippen LogP contribution in [0.2, 0.25) is 0 Å². The summed E-state index contributed by atoms with van der Waals surface area (Å²) in [5.74, 6) is 0.695. The zero-order chi connectivity index (χ0) is 24.2. The topological polar surface area (TPSA) is 46.5 Å². The Hall–Kier alpha value is -2.48. The van der Waals surface area contributed by atoms with Gasteiger partial charge in [0.05, 0.1) is 17.2 Å². The molecule has 1 aromatic heterocycles. The second kappa shape index (κ2) is 8.08. The van der Waals surface area contributed by atoms with Gasteiger partial charge in [0.15, 0.2) is 0 Å². The molecule has 1 spiro atoms. The molecule has 0 aliphatic carbocycles. The summed E-state index contributed by atoms with van der Waals surface area (Å²) in [6, 6.07) is 8.23. The number of nitrogens with zero attached hydrogens (tertiary/aromatic N) is 2. The molecule has 33 heavy (non-hydrogen) atoms. The van der Waals surface area contributed by atoms with Gasteiger partial charge in [-0.15, -0.1) is 0 Å². The summed E-state index contributed by atoms with van der Waals surface area (Å²) in [6.07, 6.45) is -3.24. The molecule has 1 amide bonds. The molecule has 4 rings (SSSR count). The first-order valence-electron chi connectivity index (χ1n) is 11.5. The predicted molar refractivity (Wildman–Crippen MR) is 123 cm³/mol. The van der Waals surface area contributed by atoms with Crippen molar-refractivity contribution in [2.75, 3.05) is 19.6 Å². The highest BCUT2D eigenvalue weighted by Gasteiger charge is 2.49. The zero-order valence-electron chi connectivity index (χ0n) is 19.8. The molecule has 1 saturated heterocycles. The zero-order valence-corrected chi connectivity index (χ0v) is 19.8. The van der Waals surface area contributed by atoms with Gasteiger partial charge < -0.3 is 19.5 Å². The van der Waals surface area contributed by atoms with E-state index < -0.39 is 22.9 Å². The van der Waals surface area contributed by atoms with E-state index in [1.807, 2.05) is 46.8 Å². The molecule has 0 atom stereocenters. The van der Waals surface area contributed by atoms with Gasteiger partial charge in [0.1, 0.15) is 11.4 Å². The Morgan fingerprint density at radius 3 is 2.39 bits per heavy atom. The average Bonchev–Trinajstić information content (AvgIpc) is 3.21. The number of aryl methyl sites for hydroxylation is 1. The molecule has 8 heteroatoms. The number of fused-ring (bicyclic) bond motifs is 2. The molecule has 3 heterocycles. The van der Waals surface area contributed by atoms with E-state index >= 15 is 0 Å². The third-order valence-corrected chi connectivity index (χ3v) is 6.82. The molecular formula is C25H34F3N3O2. The van der Waals surface area contributed by atoms with Gasteiger partial charge >= 0.3 is 6.18 Å². The lowest BCUT2D eigenvalue weighted by Gasteiger charge is -2.50. The minimum Gasteiger partial charge on any atom is -0.491 e. The molecule has 2 aliphatic rings. The first kappa shape index (κ1) is 23.7. The van der Waals surface area contributed by atoms with Crippen LogP contribution < -0.4 is 10.1 Å². The maximum absolute atomic E-state index is 13.7. The number of aromatic nitrogens is 1. The van der Waals surface area contributed by atoms with E-state index in [-0.39, 0.29) is 13.4 Å². The fourth-order valence-electron chi connectivity index (χ4n) is 5.11. The number of hydrogen-bond acceptors (Lipinski definition) is 3. The summed E-state index contributed by atoms with van der Waals surface area (Å²) in [4.78, 5) is 14.9. The van der Waals surface area contributed by atoms with E-state index in [9.17, 15) is 18.0 Å². The fourth-order valence-corrected chi connectivity index (χ4v) is 5.11. The number of halogens is 3. The van der Waals surface area contributed by atoms with Crippen molar-refractivity contribution in [3.05, 3.63) is 52.8 Å². The summed E-state index contributed by atoms with van der Waals surface area (Å²) < 4.78 is 48.3. The molecule has 1 aromatic carbocycles. The van der Waals surface area contributed by atoms with E-state index in [0.29, 0.717) is 43.7 Å². The number of likely N-dealkylation sites (tertiary alicyclic amines) is 1. The summed E-state index contributed by atoms with van der Waals surface area (Å²) in [6.45, 7) is 10.8. The lowest BCUT2D eigenvalue weighted by molar-refractivity contribution is -0.146. The largest absolute Gasteiger partial charge is 0.491 e. The summed E-state index contributed by atoms with van der Waals surface area (Å²) >= 11 is 0. The van der Waals surface area contributed by atoms with Gasteiger partial charge in [-0.05, 0) is 83.4 Å². The monoisotopic (exact) mass is 465 g/mol. The van der Waals surface area contributed by atoms with Gasteiger partial charge in [0, 0.05) is 32.3 Å². The smallest absolute Gasteiger partial charge is 0.431 e. The van der Waals surface area contributed by atoms with E-state index in [1.54, 1.807) is 17.0 Å². The first-order chi connectivity index (χ1) is 15.3. The summed E-state index contributed by atoms with van der Waals surface area (Å²) in [5.41, 5.74) is 0.280. The van der Waals surface area contributed by atoms with Gasteiger partial charge in [0.25, 0.3) is 5.91 Å². The maximum Gasteiger partial charge on any atom is 0.431 e. The minimum absolute atomic E-state index is 0. The first-order valence-corrected chi connectivity index (χ1v) is 11.5. The van der Waals surface area contributed by atoms with Crippen LogP contribution in [0.4, 0.5) is 13.2 Å². The summed E-state index contributed by atoms with van der Waals surface area (Å²) in [7, 11) is 0. The number of hydrogen-bond donors (Lipinski definition) is 1. The van der Waals surface area contributed by atoms with Crippen LogP contribution in [0.5, 0.6) is 5.75 Å². The quantitative estimate of drug-likeness (QED) is 0.668. The Kier molecular flexibility index (Phi) is 5.79. The number of alkyl halides is 3. The average molecular weight is 466 g/mol. The van der Waals surface area contributed by atoms with E-state index in [0.717, 1.165) is 11.3 Å². The molecule has 0 radical (unpaired) electrons. The third-order valence-electron chi connectivity index (χ3n) is 6.82. The standard InChI is InChI=1S/C25H32F3N3O2.H2/c1-16(2)33-19-7-6-18(14-17(19)3)22(32)30-12-10-24(11-13-30)20-8-9-21(25(26,27)28)31(20)23(4,5)15-29-24;/h6-9,14,16,29H,10-13,15H2,1-5H3;1H. The van der Waals surface area contributed by atoms with Crippen LogP contribution in [-0.4, -0.2) is 41.1 Å². The number of carbonyl (C=O) groups is 1. The number of rotatable bonds is 3. The molecule has 182 valence electrons. The number of benzene rings is 1. The highest BCUT2D eigenvalue weighted by molar-refractivity contribution is 5.94. The highest BCUT2D eigenvalue weighted by atomic mass is 19.4. The normalized spacial score (nSPS) is 19.6. The van der Waals surface area contributed by atoms with Crippen molar-refractivity contribution in [2.45, 2.75) is 70.8 Å². The molecular weight excluding hydrogens is 431 g/mol. The van der Waals surface area contributed by atoms with Crippen LogP contribution in [0.1, 0.15) is 69.3 Å². The van der Waals surface area contributed by atoms with Crippen molar-refractivity contribution in [3.63, 3.8) is 0 Å².